The maximum atomic E-state index is 12.1. The van der Waals surface area contributed by atoms with Crippen LogP contribution < -0.4 is 10.1 Å². The number of hydrogen-bond donors (Lipinski definition) is 1. The molecule has 0 atom stereocenters. The van der Waals surface area contributed by atoms with E-state index in [0.29, 0.717) is 12.4 Å². The van der Waals surface area contributed by atoms with Crippen LogP contribution in [0, 0.1) is 0 Å². The molecule has 1 aromatic heterocycles. The van der Waals surface area contributed by atoms with E-state index in [1.165, 1.54) is 18.4 Å². The van der Waals surface area contributed by atoms with Crippen LogP contribution in [0.4, 0.5) is 0 Å². The summed E-state index contributed by atoms with van der Waals surface area (Å²) in [4.78, 5) is 12.1. The zero-order valence-electron chi connectivity index (χ0n) is 13.7. The first kappa shape index (κ1) is 16.2. The molecule has 0 unspecified atom stereocenters. The lowest BCUT2D eigenvalue weighted by Gasteiger charge is -2.12. The third-order valence-electron chi connectivity index (χ3n) is 4.07. The molecule has 6 heteroatoms. The van der Waals surface area contributed by atoms with E-state index in [4.69, 9.17) is 9.15 Å². The molecule has 24 heavy (non-hydrogen) atoms. The van der Waals surface area contributed by atoms with Crippen molar-refractivity contribution in [1.29, 1.82) is 0 Å². The Labute approximate surface area is 140 Å². The molecule has 1 aliphatic rings. The molecule has 0 saturated heterocycles. The van der Waals surface area contributed by atoms with Gasteiger partial charge in [0.05, 0.1) is 7.11 Å². The van der Waals surface area contributed by atoms with Gasteiger partial charge in [0, 0.05) is 12.1 Å². The van der Waals surface area contributed by atoms with Crippen LogP contribution in [0.3, 0.4) is 0 Å². The van der Waals surface area contributed by atoms with E-state index in [0.717, 1.165) is 30.6 Å². The Kier molecular flexibility index (Phi) is 5.25. The maximum absolute atomic E-state index is 12.1. The Morgan fingerprint density at radius 3 is 2.79 bits per heavy atom. The topological polar surface area (TPSA) is 77.2 Å². The molecule has 1 N–H and O–H groups in total. The molecule has 0 aliphatic heterocycles. The largest absolute Gasteiger partial charge is 0.497 e. The van der Waals surface area contributed by atoms with Gasteiger partial charge in [-0.25, -0.2) is 0 Å². The van der Waals surface area contributed by atoms with Gasteiger partial charge in [-0.1, -0.05) is 11.6 Å². The minimum atomic E-state index is -0.335. The lowest BCUT2D eigenvalue weighted by Crippen LogP contribution is -2.25. The zero-order chi connectivity index (χ0) is 16.8. The summed E-state index contributed by atoms with van der Waals surface area (Å²) in [7, 11) is 1.60. The normalized spacial score (nSPS) is 14.1. The fourth-order valence-corrected chi connectivity index (χ4v) is 2.71. The Morgan fingerprint density at radius 1 is 1.25 bits per heavy atom. The molecule has 1 heterocycles. The van der Waals surface area contributed by atoms with Crippen molar-refractivity contribution in [2.75, 3.05) is 13.7 Å². The van der Waals surface area contributed by atoms with E-state index in [9.17, 15) is 4.79 Å². The molecule has 0 spiro atoms. The monoisotopic (exact) mass is 327 g/mol. The van der Waals surface area contributed by atoms with Crippen LogP contribution in [0.25, 0.3) is 11.5 Å². The molecule has 0 radical (unpaired) electrons. The van der Waals surface area contributed by atoms with Crippen molar-refractivity contribution in [3.63, 3.8) is 0 Å². The molecule has 0 fully saturated rings. The fraction of sp³-hybridized carbons (Fsp3) is 0.389. The quantitative estimate of drug-likeness (QED) is 0.823. The molecule has 1 aliphatic carbocycles. The SMILES string of the molecule is COc1ccc(-c2nnc(C(=O)NCCC3=CCCCC3)o2)cc1. The lowest BCUT2D eigenvalue weighted by atomic mass is 9.97. The number of benzene rings is 1. The molecule has 1 aromatic carbocycles. The predicted molar refractivity (Wildman–Crippen MR) is 89.8 cm³/mol. The summed E-state index contributed by atoms with van der Waals surface area (Å²) in [5.74, 6) is 0.711. The first-order valence-corrected chi connectivity index (χ1v) is 8.20. The van der Waals surface area contributed by atoms with E-state index in [2.05, 4.69) is 21.6 Å². The van der Waals surface area contributed by atoms with Gasteiger partial charge in [0.2, 0.25) is 5.89 Å². The number of ether oxygens (including phenoxy) is 1. The standard InChI is InChI=1S/C18H21N3O3/c1-23-15-9-7-14(8-10-15)17-20-21-18(24-17)16(22)19-12-11-13-5-3-2-4-6-13/h5,7-10H,2-4,6,11-12H2,1H3,(H,19,22). The Morgan fingerprint density at radius 2 is 2.08 bits per heavy atom. The molecule has 0 saturated carbocycles. The summed E-state index contributed by atoms with van der Waals surface area (Å²) < 4.78 is 10.6. The van der Waals surface area contributed by atoms with Crippen molar-refractivity contribution in [2.45, 2.75) is 32.1 Å². The van der Waals surface area contributed by atoms with Crippen molar-refractivity contribution in [3.05, 3.63) is 41.8 Å². The highest BCUT2D eigenvalue weighted by Crippen LogP contribution is 2.21. The minimum absolute atomic E-state index is 0.0153. The highest BCUT2D eigenvalue weighted by molar-refractivity contribution is 5.89. The Hall–Kier alpha value is -2.63. The Balaban J connectivity index is 1.55. The molecular formula is C18H21N3O3. The van der Waals surface area contributed by atoms with E-state index < -0.39 is 0 Å². The molecule has 2 aromatic rings. The number of aromatic nitrogens is 2. The summed E-state index contributed by atoms with van der Waals surface area (Å²) in [5, 5.41) is 10.6. The van der Waals surface area contributed by atoms with Gasteiger partial charge in [-0.3, -0.25) is 4.79 Å². The van der Waals surface area contributed by atoms with E-state index in [1.807, 2.05) is 12.1 Å². The molecule has 3 rings (SSSR count). The van der Waals surface area contributed by atoms with E-state index >= 15 is 0 Å². The highest BCUT2D eigenvalue weighted by Gasteiger charge is 2.15. The van der Waals surface area contributed by atoms with Gasteiger partial charge in [0.25, 0.3) is 0 Å². The van der Waals surface area contributed by atoms with Gasteiger partial charge in [-0.15, -0.1) is 10.2 Å². The summed E-state index contributed by atoms with van der Waals surface area (Å²) in [6.45, 7) is 0.588. The summed E-state index contributed by atoms with van der Waals surface area (Å²) >= 11 is 0. The highest BCUT2D eigenvalue weighted by atomic mass is 16.5. The van der Waals surface area contributed by atoms with Crippen LogP contribution in [-0.4, -0.2) is 29.8 Å². The molecular weight excluding hydrogens is 306 g/mol. The lowest BCUT2D eigenvalue weighted by molar-refractivity contribution is 0.0920. The Bertz CT molecular complexity index is 719. The van der Waals surface area contributed by atoms with Crippen LogP contribution in [0.2, 0.25) is 0 Å². The van der Waals surface area contributed by atoms with Crippen molar-refractivity contribution < 1.29 is 13.9 Å². The van der Waals surface area contributed by atoms with Crippen LogP contribution >= 0.6 is 0 Å². The second kappa shape index (κ2) is 7.77. The molecule has 0 bridgehead atoms. The van der Waals surface area contributed by atoms with Crippen molar-refractivity contribution in [1.82, 2.24) is 15.5 Å². The molecule has 6 nitrogen and oxygen atoms in total. The predicted octanol–water partition coefficient (Wildman–Crippen LogP) is 3.37. The third-order valence-corrected chi connectivity index (χ3v) is 4.07. The van der Waals surface area contributed by atoms with Gasteiger partial charge in [-0.2, -0.15) is 0 Å². The molecule has 126 valence electrons. The number of nitrogens with one attached hydrogen (secondary N) is 1. The van der Waals surface area contributed by atoms with E-state index in [1.54, 1.807) is 19.2 Å². The maximum Gasteiger partial charge on any atom is 0.308 e. The van der Waals surface area contributed by atoms with Gasteiger partial charge in [-0.05, 0) is 56.4 Å². The van der Waals surface area contributed by atoms with Gasteiger partial charge >= 0.3 is 11.8 Å². The number of hydrogen-bond acceptors (Lipinski definition) is 5. The number of methoxy groups -OCH3 is 1. The number of allylic oxidation sites excluding steroid dienone is 1. The second-order valence-electron chi connectivity index (χ2n) is 5.75. The number of carbonyl (C=O) groups is 1. The van der Waals surface area contributed by atoms with Crippen molar-refractivity contribution in [2.24, 2.45) is 0 Å². The number of nitrogens with zero attached hydrogens (tertiary/aromatic N) is 2. The average Bonchev–Trinajstić information content (AvgIpc) is 3.13. The smallest absolute Gasteiger partial charge is 0.308 e. The number of rotatable bonds is 6. The third kappa shape index (κ3) is 4.01. The van der Waals surface area contributed by atoms with Crippen molar-refractivity contribution >= 4 is 5.91 Å². The minimum Gasteiger partial charge on any atom is -0.497 e. The van der Waals surface area contributed by atoms with Gasteiger partial charge in [0.15, 0.2) is 0 Å². The first-order chi connectivity index (χ1) is 11.8. The second-order valence-corrected chi connectivity index (χ2v) is 5.75. The van der Waals surface area contributed by atoms with Crippen LogP contribution in [0.1, 0.15) is 42.8 Å². The first-order valence-electron chi connectivity index (χ1n) is 8.20. The van der Waals surface area contributed by atoms with Crippen molar-refractivity contribution in [3.8, 4) is 17.2 Å². The van der Waals surface area contributed by atoms with E-state index in [-0.39, 0.29) is 11.8 Å². The van der Waals surface area contributed by atoms with Crippen LogP contribution in [0.5, 0.6) is 5.75 Å². The van der Waals surface area contributed by atoms with Crippen LogP contribution in [0.15, 0.2) is 40.3 Å². The van der Waals surface area contributed by atoms with Gasteiger partial charge in [0.1, 0.15) is 5.75 Å². The van der Waals surface area contributed by atoms with Crippen LogP contribution in [-0.2, 0) is 0 Å². The summed E-state index contributed by atoms with van der Waals surface area (Å²) in [6, 6.07) is 7.22. The molecule has 1 amide bonds. The number of carbonyl (C=O) groups excluding carboxylic acids is 1. The summed E-state index contributed by atoms with van der Waals surface area (Å²) in [5.41, 5.74) is 2.17. The van der Waals surface area contributed by atoms with Gasteiger partial charge < -0.3 is 14.5 Å². The average molecular weight is 327 g/mol. The zero-order valence-corrected chi connectivity index (χ0v) is 13.7. The fourth-order valence-electron chi connectivity index (χ4n) is 2.71. The summed E-state index contributed by atoms with van der Waals surface area (Å²) in [6.07, 6.45) is 7.96. The number of amides is 1.